The highest BCUT2D eigenvalue weighted by Crippen LogP contribution is 2.47. The first kappa shape index (κ1) is 31.7. The van der Waals surface area contributed by atoms with Gasteiger partial charge in [0.1, 0.15) is 5.75 Å². The summed E-state index contributed by atoms with van der Waals surface area (Å²) in [6.45, 7) is 3.79. The number of fused-ring (bicyclic) bond motifs is 4. The number of allylic oxidation sites excluding steroid dienone is 1. The minimum Gasteiger partial charge on any atom is -0.490 e. The van der Waals surface area contributed by atoms with Crippen molar-refractivity contribution in [2.24, 2.45) is 17.8 Å². The van der Waals surface area contributed by atoms with Crippen LogP contribution in [0.25, 0.3) is 0 Å². The second kappa shape index (κ2) is 12.6. The Morgan fingerprint density at radius 1 is 1.17 bits per heavy atom. The highest BCUT2D eigenvalue weighted by atomic mass is 35.5. The topological polar surface area (TPSA) is 95.9 Å². The van der Waals surface area contributed by atoms with E-state index in [1.165, 1.54) is 22.5 Å². The molecule has 2 aliphatic heterocycles. The van der Waals surface area contributed by atoms with E-state index in [-0.39, 0.29) is 28.7 Å². The Bertz CT molecular complexity index is 1740. The predicted molar refractivity (Wildman–Crippen MR) is 184 cm³/mol. The van der Waals surface area contributed by atoms with E-state index in [1.54, 1.807) is 18.2 Å². The van der Waals surface area contributed by atoms with Gasteiger partial charge in [-0.3, -0.25) is 4.79 Å². The van der Waals surface area contributed by atoms with Gasteiger partial charge in [0, 0.05) is 40.4 Å². The van der Waals surface area contributed by atoms with Crippen LogP contribution in [0.4, 0.5) is 5.69 Å². The molecule has 1 spiro atoms. The maximum absolute atomic E-state index is 13.9. The molecule has 0 unspecified atom stereocenters. The van der Waals surface area contributed by atoms with Crippen molar-refractivity contribution in [3.05, 3.63) is 92.7 Å². The van der Waals surface area contributed by atoms with Gasteiger partial charge in [0.2, 0.25) is 10.0 Å². The van der Waals surface area contributed by atoms with Crippen LogP contribution >= 0.6 is 22.9 Å². The van der Waals surface area contributed by atoms with Crippen LogP contribution in [0.3, 0.4) is 0 Å². The van der Waals surface area contributed by atoms with Gasteiger partial charge >= 0.3 is 0 Å². The molecular formula is C36H41ClN2O5S2. The molecule has 0 radical (unpaired) electrons. The van der Waals surface area contributed by atoms with Gasteiger partial charge in [-0.05, 0) is 109 Å². The number of carbonyl (C=O) groups excluding carboxylic acids is 1. The maximum atomic E-state index is 13.9. The van der Waals surface area contributed by atoms with Crippen LogP contribution in [-0.2, 0) is 28.3 Å². The number of halogens is 1. The van der Waals surface area contributed by atoms with Crippen molar-refractivity contribution in [3.8, 4) is 5.75 Å². The van der Waals surface area contributed by atoms with E-state index in [0.717, 1.165) is 47.7 Å². The number of benzene rings is 2. The van der Waals surface area contributed by atoms with E-state index in [2.05, 4.69) is 21.8 Å². The van der Waals surface area contributed by atoms with Gasteiger partial charge in [-0.1, -0.05) is 42.8 Å². The summed E-state index contributed by atoms with van der Waals surface area (Å²) in [7, 11) is -4.04. The van der Waals surface area contributed by atoms with Gasteiger partial charge in [-0.25, -0.2) is 13.1 Å². The van der Waals surface area contributed by atoms with Crippen molar-refractivity contribution in [2.45, 2.75) is 68.6 Å². The molecule has 4 aliphatic rings. The SMILES string of the molecule is C[C@@H]1C/C=C\[C@H](O)[C@@H]2CC[C@H]2CN2C[C@@]3(CCCc4cc(Cl)ccc43)COc3ccc(cc32)C(=O)NS(=O)(=O)[C@H]1Cc1cccs1. The first-order valence-electron chi connectivity index (χ1n) is 16.4. The van der Waals surface area contributed by atoms with Crippen LogP contribution in [0.15, 0.2) is 66.1 Å². The Morgan fingerprint density at radius 2 is 2.04 bits per heavy atom. The maximum Gasteiger partial charge on any atom is 0.264 e. The number of carbonyl (C=O) groups is 1. The molecule has 0 saturated heterocycles. The largest absolute Gasteiger partial charge is 0.490 e. The zero-order valence-corrected chi connectivity index (χ0v) is 28.4. The van der Waals surface area contributed by atoms with Gasteiger partial charge in [-0.2, -0.15) is 0 Å². The standard InChI is InChI=1S/C36H41ClN2O5S2/c1-23-5-2-8-32(40)29-12-9-26(29)20-39-21-36(15-3-6-24-17-27(37)11-13-30(24)36)22-44-33-14-10-25(18-31(33)39)35(41)38-46(42,43)34(23)19-28-7-4-16-45-28/h2,4,7-8,10-11,13-14,16-18,23,26,29,32,34,40H,3,5-6,9,12,15,19-22H2,1H3,(H,38,41)/b8-2-/t23-,26+,29-,32+,34+,36+/m1/s1. The van der Waals surface area contributed by atoms with Gasteiger partial charge in [0.25, 0.3) is 5.91 Å². The Hall–Kier alpha value is -2.85. The second-order valence-corrected chi connectivity index (χ2v) is 17.1. The summed E-state index contributed by atoms with van der Waals surface area (Å²) in [6.07, 6.45) is 8.86. The summed E-state index contributed by atoms with van der Waals surface area (Å²) >= 11 is 7.92. The van der Waals surface area contributed by atoms with Crippen molar-refractivity contribution in [1.82, 2.24) is 4.72 Å². The first-order valence-corrected chi connectivity index (χ1v) is 19.2. The van der Waals surface area contributed by atoms with E-state index in [0.29, 0.717) is 38.3 Å². The molecule has 2 N–H and O–H groups in total. The molecule has 1 amide bonds. The van der Waals surface area contributed by atoms with Gasteiger partial charge in [0.15, 0.2) is 0 Å². The molecule has 244 valence electrons. The average molecular weight is 681 g/mol. The fraction of sp³-hybridized carbons (Fsp3) is 0.472. The number of hydrogen-bond acceptors (Lipinski definition) is 7. The number of nitrogens with zero attached hydrogens (tertiary/aromatic N) is 1. The second-order valence-electron chi connectivity index (χ2n) is 13.7. The lowest BCUT2D eigenvalue weighted by molar-refractivity contribution is 0.0456. The van der Waals surface area contributed by atoms with Crippen molar-refractivity contribution in [2.75, 3.05) is 24.6 Å². The minimum atomic E-state index is -4.04. The number of thiophene rings is 1. The molecule has 3 heterocycles. The number of amides is 1. The van der Waals surface area contributed by atoms with Crippen LogP contribution in [-0.4, -0.2) is 50.5 Å². The van der Waals surface area contributed by atoms with Crippen molar-refractivity contribution in [1.29, 1.82) is 0 Å². The third kappa shape index (κ3) is 6.12. The number of rotatable bonds is 2. The van der Waals surface area contributed by atoms with Crippen LogP contribution in [0.2, 0.25) is 5.02 Å². The van der Waals surface area contributed by atoms with E-state index in [1.807, 2.05) is 42.7 Å². The molecular weight excluding hydrogens is 640 g/mol. The highest BCUT2D eigenvalue weighted by molar-refractivity contribution is 7.90. The summed E-state index contributed by atoms with van der Waals surface area (Å²) in [5.74, 6) is 0.144. The Balaban J connectivity index is 1.28. The van der Waals surface area contributed by atoms with Crippen molar-refractivity contribution < 1.29 is 23.1 Å². The molecule has 1 aromatic heterocycles. The van der Waals surface area contributed by atoms with Gasteiger partial charge in [0.05, 0.1) is 23.6 Å². The number of aryl methyl sites for hydroxylation is 1. The van der Waals surface area contributed by atoms with Crippen LogP contribution in [0, 0.1) is 17.8 Å². The molecule has 46 heavy (non-hydrogen) atoms. The van der Waals surface area contributed by atoms with Crippen LogP contribution < -0.4 is 14.4 Å². The first-order chi connectivity index (χ1) is 22.1. The van der Waals surface area contributed by atoms with Gasteiger partial charge < -0.3 is 14.7 Å². The fourth-order valence-electron chi connectivity index (χ4n) is 8.04. The minimum absolute atomic E-state index is 0.109. The number of anilines is 1. The zero-order chi connectivity index (χ0) is 32.1. The number of sulfonamides is 1. The number of aliphatic hydroxyl groups excluding tert-OH is 1. The molecule has 6 atom stereocenters. The lowest BCUT2D eigenvalue weighted by Gasteiger charge is -2.45. The molecule has 7 nitrogen and oxygen atoms in total. The number of aliphatic hydroxyl groups is 1. The fourth-order valence-corrected chi connectivity index (χ4v) is 10.8. The van der Waals surface area contributed by atoms with E-state index in [9.17, 15) is 18.3 Å². The summed E-state index contributed by atoms with van der Waals surface area (Å²) < 4.78 is 36.7. The Labute approximate surface area is 280 Å². The van der Waals surface area contributed by atoms with Gasteiger partial charge in [-0.15, -0.1) is 11.3 Å². The quantitative estimate of drug-likeness (QED) is 0.299. The van der Waals surface area contributed by atoms with Crippen molar-refractivity contribution in [3.63, 3.8) is 0 Å². The number of nitrogens with one attached hydrogen (secondary N) is 1. The predicted octanol–water partition coefficient (Wildman–Crippen LogP) is 6.53. The number of ether oxygens (including phenoxy) is 1. The molecule has 2 bridgehead atoms. The summed E-state index contributed by atoms with van der Waals surface area (Å²) in [6, 6.07) is 15.3. The smallest absolute Gasteiger partial charge is 0.264 e. The van der Waals surface area contributed by atoms with E-state index < -0.39 is 27.3 Å². The third-order valence-electron chi connectivity index (χ3n) is 10.8. The summed E-state index contributed by atoms with van der Waals surface area (Å²) in [5.41, 5.74) is 3.30. The monoisotopic (exact) mass is 680 g/mol. The molecule has 1 saturated carbocycles. The lowest BCUT2D eigenvalue weighted by atomic mass is 9.68. The molecule has 1 fully saturated rings. The van der Waals surface area contributed by atoms with E-state index in [4.69, 9.17) is 16.3 Å². The van der Waals surface area contributed by atoms with E-state index >= 15 is 0 Å². The molecule has 3 aromatic rings. The third-order valence-corrected chi connectivity index (χ3v) is 13.8. The Kier molecular flexibility index (Phi) is 8.72. The van der Waals surface area contributed by atoms with Crippen LogP contribution in [0.5, 0.6) is 5.75 Å². The lowest BCUT2D eigenvalue weighted by Crippen LogP contribution is -2.49. The summed E-state index contributed by atoms with van der Waals surface area (Å²) in [5, 5.41) is 13.2. The summed E-state index contributed by atoms with van der Waals surface area (Å²) in [4.78, 5) is 17.0. The normalized spacial score (nSPS) is 31.4. The molecule has 7 rings (SSSR count). The highest BCUT2D eigenvalue weighted by Gasteiger charge is 2.44. The zero-order valence-electron chi connectivity index (χ0n) is 26.0. The average Bonchev–Trinajstić information content (AvgIpc) is 3.47. The molecule has 10 heteroatoms. The Morgan fingerprint density at radius 3 is 2.83 bits per heavy atom. The molecule has 2 aromatic carbocycles. The molecule has 2 aliphatic carbocycles. The number of hydrogen-bond donors (Lipinski definition) is 2. The van der Waals surface area contributed by atoms with Crippen molar-refractivity contribution >= 4 is 44.6 Å². The van der Waals surface area contributed by atoms with Crippen LogP contribution in [0.1, 0.15) is 65.4 Å².